The number of alkyl halides is 3. The molecule has 0 unspecified atom stereocenters. The smallest absolute Gasteiger partial charge is 0.324 e. The minimum absolute atomic E-state index is 0.0953. The predicted octanol–water partition coefficient (Wildman–Crippen LogP) is 4.06. The van der Waals surface area contributed by atoms with E-state index in [4.69, 9.17) is 11.6 Å². The van der Waals surface area contributed by atoms with Crippen LogP contribution in [0, 0.1) is 6.92 Å². The van der Waals surface area contributed by atoms with Crippen LogP contribution in [0.1, 0.15) is 23.9 Å². The summed E-state index contributed by atoms with van der Waals surface area (Å²) in [5.74, 6) is -0.470. The zero-order chi connectivity index (χ0) is 17.2. The molecule has 0 atom stereocenters. The number of nitrogens with zero attached hydrogens (tertiary/aromatic N) is 2. The molecular weight excluding hydrogens is 331 g/mol. The third-order valence-electron chi connectivity index (χ3n) is 3.37. The molecule has 0 bridgehead atoms. The van der Waals surface area contributed by atoms with Crippen LogP contribution in [0.2, 0.25) is 5.02 Å². The number of halogens is 4. The van der Waals surface area contributed by atoms with Crippen molar-refractivity contribution in [3.05, 3.63) is 46.2 Å². The van der Waals surface area contributed by atoms with Crippen molar-refractivity contribution in [1.29, 1.82) is 0 Å². The van der Waals surface area contributed by atoms with Gasteiger partial charge in [0.15, 0.2) is 5.69 Å². The number of para-hydroxylation sites is 1. The molecule has 1 N–H and O–H groups in total. The summed E-state index contributed by atoms with van der Waals surface area (Å²) in [5, 5.41) is 5.60. The van der Waals surface area contributed by atoms with Crippen LogP contribution in [-0.2, 0) is 23.9 Å². The van der Waals surface area contributed by atoms with E-state index in [0.717, 1.165) is 16.7 Å². The molecule has 4 nitrogen and oxygen atoms in total. The van der Waals surface area contributed by atoms with Crippen LogP contribution in [-0.4, -0.2) is 15.7 Å². The van der Waals surface area contributed by atoms with E-state index in [-0.39, 0.29) is 12.2 Å². The Morgan fingerprint density at radius 1 is 1.35 bits per heavy atom. The fourth-order valence-corrected chi connectivity index (χ4v) is 2.38. The summed E-state index contributed by atoms with van der Waals surface area (Å²) in [6.07, 6.45) is -3.93. The van der Waals surface area contributed by atoms with Crippen LogP contribution in [0.25, 0.3) is 0 Å². The highest BCUT2D eigenvalue weighted by molar-refractivity contribution is 6.32. The van der Waals surface area contributed by atoms with Gasteiger partial charge in [-0.25, -0.2) is 0 Å². The van der Waals surface area contributed by atoms with E-state index < -0.39 is 22.8 Å². The molecule has 2 rings (SSSR count). The van der Waals surface area contributed by atoms with Crippen molar-refractivity contribution in [2.45, 2.75) is 33.0 Å². The van der Waals surface area contributed by atoms with Crippen molar-refractivity contribution in [1.82, 2.24) is 9.78 Å². The van der Waals surface area contributed by atoms with E-state index >= 15 is 0 Å². The normalized spacial score (nSPS) is 11.6. The summed E-state index contributed by atoms with van der Waals surface area (Å²) in [5.41, 5.74) is 0.482. The number of benzene rings is 1. The van der Waals surface area contributed by atoms with Gasteiger partial charge in [0.1, 0.15) is 6.54 Å². The minimum atomic E-state index is -4.65. The number of aromatic nitrogens is 2. The van der Waals surface area contributed by atoms with Crippen LogP contribution in [0.15, 0.2) is 24.3 Å². The van der Waals surface area contributed by atoms with E-state index in [9.17, 15) is 18.0 Å². The number of anilines is 1. The Morgan fingerprint density at radius 2 is 2.00 bits per heavy atom. The molecule has 1 aromatic carbocycles. The average Bonchev–Trinajstić information content (AvgIpc) is 2.76. The van der Waals surface area contributed by atoms with Crippen molar-refractivity contribution in [2.75, 3.05) is 5.32 Å². The van der Waals surface area contributed by atoms with Gasteiger partial charge >= 0.3 is 6.18 Å². The Morgan fingerprint density at radius 3 is 2.57 bits per heavy atom. The van der Waals surface area contributed by atoms with Crippen molar-refractivity contribution in [3.63, 3.8) is 0 Å². The van der Waals surface area contributed by atoms with Crippen LogP contribution < -0.4 is 5.32 Å². The number of carbonyl (C=O) groups is 1. The maximum Gasteiger partial charge on any atom is 0.436 e. The molecule has 1 aromatic heterocycles. The Kier molecular flexibility index (Phi) is 4.99. The summed E-state index contributed by atoms with van der Waals surface area (Å²) < 4.78 is 39.2. The highest BCUT2D eigenvalue weighted by atomic mass is 35.5. The van der Waals surface area contributed by atoms with Gasteiger partial charge in [-0.3, -0.25) is 9.48 Å². The lowest BCUT2D eigenvalue weighted by atomic mass is 10.1. The van der Waals surface area contributed by atoms with Gasteiger partial charge in [-0.05, 0) is 25.0 Å². The number of aryl methyl sites for hydroxylation is 1. The van der Waals surface area contributed by atoms with Gasteiger partial charge < -0.3 is 5.32 Å². The second-order valence-corrected chi connectivity index (χ2v) is 5.34. The van der Waals surface area contributed by atoms with Gasteiger partial charge in [0.2, 0.25) is 5.91 Å². The fraction of sp³-hybridized carbons (Fsp3) is 0.333. The highest BCUT2D eigenvalue weighted by Gasteiger charge is 2.38. The van der Waals surface area contributed by atoms with Gasteiger partial charge in [0.05, 0.1) is 10.7 Å². The van der Waals surface area contributed by atoms with Crippen LogP contribution in [0.5, 0.6) is 0 Å². The van der Waals surface area contributed by atoms with Gasteiger partial charge in [0.25, 0.3) is 0 Å². The standard InChI is InChI=1S/C15H15ClF3N3O/c1-3-10-6-4-5-7-11(10)20-12(23)8-22-9(2)13(16)14(21-22)15(17,18)19/h4-7H,3,8H2,1-2H3,(H,20,23). The first-order chi connectivity index (χ1) is 10.7. The molecule has 0 saturated carbocycles. The Balaban J connectivity index is 2.18. The Bertz CT molecular complexity index is 725. The fourth-order valence-electron chi connectivity index (χ4n) is 2.14. The van der Waals surface area contributed by atoms with Gasteiger partial charge in [0, 0.05) is 5.69 Å². The first-order valence-corrected chi connectivity index (χ1v) is 7.29. The first-order valence-electron chi connectivity index (χ1n) is 6.92. The molecule has 23 heavy (non-hydrogen) atoms. The number of carbonyl (C=O) groups excluding carboxylic acids is 1. The molecule has 2 aromatic rings. The van der Waals surface area contributed by atoms with Crippen molar-refractivity contribution in [2.24, 2.45) is 0 Å². The monoisotopic (exact) mass is 345 g/mol. The molecule has 0 aliphatic heterocycles. The minimum Gasteiger partial charge on any atom is -0.324 e. The molecule has 0 aliphatic rings. The molecule has 8 heteroatoms. The largest absolute Gasteiger partial charge is 0.436 e. The zero-order valence-electron chi connectivity index (χ0n) is 12.5. The maximum atomic E-state index is 12.8. The number of rotatable bonds is 4. The van der Waals surface area contributed by atoms with Crippen LogP contribution >= 0.6 is 11.6 Å². The van der Waals surface area contributed by atoms with Crippen LogP contribution in [0.3, 0.4) is 0 Å². The Labute approximate surface area is 136 Å². The molecule has 0 aliphatic carbocycles. The summed E-state index contributed by atoms with van der Waals surface area (Å²) in [7, 11) is 0. The number of hydrogen-bond acceptors (Lipinski definition) is 2. The third-order valence-corrected chi connectivity index (χ3v) is 3.82. The molecule has 0 saturated heterocycles. The number of hydrogen-bond donors (Lipinski definition) is 1. The van der Waals surface area contributed by atoms with Gasteiger partial charge in [-0.1, -0.05) is 36.7 Å². The number of amides is 1. The first kappa shape index (κ1) is 17.3. The van der Waals surface area contributed by atoms with E-state index in [0.29, 0.717) is 5.69 Å². The second-order valence-electron chi connectivity index (χ2n) is 4.96. The predicted molar refractivity (Wildman–Crippen MR) is 81.4 cm³/mol. The number of nitrogens with one attached hydrogen (secondary N) is 1. The highest BCUT2D eigenvalue weighted by Crippen LogP contribution is 2.35. The molecule has 1 heterocycles. The van der Waals surface area contributed by atoms with E-state index in [1.165, 1.54) is 6.92 Å². The van der Waals surface area contributed by atoms with E-state index in [1.807, 2.05) is 19.1 Å². The average molecular weight is 346 g/mol. The van der Waals surface area contributed by atoms with Gasteiger partial charge in [-0.2, -0.15) is 18.3 Å². The molecule has 0 fully saturated rings. The lowest BCUT2D eigenvalue weighted by Gasteiger charge is -2.10. The van der Waals surface area contributed by atoms with Crippen molar-refractivity contribution < 1.29 is 18.0 Å². The lowest BCUT2D eigenvalue weighted by Crippen LogP contribution is -2.21. The second kappa shape index (κ2) is 6.62. The summed E-state index contributed by atoms with van der Waals surface area (Å²) in [6.45, 7) is 2.98. The van der Waals surface area contributed by atoms with E-state index in [2.05, 4.69) is 10.4 Å². The molecular formula is C15H15ClF3N3O. The third kappa shape index (κ3) is 3.85. The Hall–Kier alpha value is -2.02. The molecule has 1 amide bonds. The molecule has 0 spiro atoms. The van der Waals surface area contributed by atoms with Gasteiger partial charge in [-0.15, -0.1) is 0 Å². The summed E-state index contributed by atoms with van der Waals surface area (Å²) >= 11 is 5.65. The summed E-state index contributed by atoms with van der Waals surface area (Å²) in [4.78, 5) is 12.1. The topological polar surface area (TPSA) is 46.9 Å². The van der Waals surface area contributed by atoms with E-state index in [1.54, 1.807) is 12.1 Å². The van der Waals surface area contributed by atoms with Crippen molar-refractivity contribution >= 4 is 23.2 Å². The van der Waals surface area contributed by atoms with Crippen molar-refractivity contribution in [3.8, 4) is 0 Å². The molecule has 124 valence electrons. The lowest BCUT2D eigenvalue weighted by molar-refractivity contribution is -0.141. The summed E-state index contributed by atoms with van der Waals surface area (Å²) in [6, 6.07) is 7.22. The quantitative estimate of drug-likeness (QED) is 0.908. The maximum absolute atomic E-state index is 12.8. The SMILES string of the molecule is CCc1ccccc1NC(=O)Cn1nc(C(F)(F)F)c(Cl)c1C. The molecule has 0 radical (unpaired) electrons. The van der Waals surface area contributed by atoms with Crippen LogP contribution in [0.4, 0.5) is 18.9 Å². The zero-order valence-corrected chi connectivity index (χ0v) is 13.3.